The summed E-state index contributed by atoms with van der Waals surface area (Å²) in [5, 5.41) is 21.3. The van der Waals surface area contributed by atoms with Crippen molar-refractivity contribution in [3.63, 3.8) is 0 Å². The molecule has 0 aromatic carbocycles. The largest absolute Gasteiger partial charge is 0.449 e. The maximum Gasteiger partial charge on any atom is 0.223 e. The zero-order valence-corrected chi connectivity index (χ0v) is 36.8. The molecule has 0 N–H and O–H groups in total. The van der Waals surface area contributed by atoms with Gasteiger partial charge >= 0.3 is 0 Å². The molecule has 0 bridgehead atoms. The van der Waals surface area contributed by atoms with E-state index in [4.69, 9.17) is 8.83 Å². The van der Waals surface area contributed by atoms with E-state index in [0.29, 0.717) is 23.4 Å². The van der Waals surface area contributed by atoms with Crippen molar-refractivity contribution < 1.29 is 17.9 Å². The van der Waals surface area contributed by atoms with E-state index in [1.165, 1.54) is 0 Å². The number of hydrogen-bond donors (Lipinski definition) is 0. The van der Waals surface area contributed by atoms with Crippen molar-refractivity contribution in [3.8, 4) is 0 Å². The first kappa shape index (κ1) is 48.3. The average molecular weight is 811 g/mol. The van der Waals surface area contributed by atoms with Crippen molar-refractivity contribution >= 4 is 22.7 Å². The van der Waals surface area contributed by atoms with Crippen LogP contribution < -0.4 is 0 Å². The van der Waals surface area contributed by atoms with Crippen LogP contribution in [0.3, 0.4) is 0 Å². The Bertz CT molecular complexity index is 1590. The van der Waals surface area contributed by atoms with Gasteiger partial charge < -0.3 is 17.9 Å². The average Bonchev–Trinajstić information content (AvgIpc) is 4.00. The fourth-order valence-electron chi connectivity index (χ4n) is 3.58. The molecule has 0 aliphatic carbocycles. The van der Waals surface area contributed by atoms with Gasteiger partial charge in [-0.05, 0) is 69.2 Å². The number of thiazole rings is 2. The second kappa shape index (κ2) is 26.1. The minimum atomic E-state index is 0.623. The van der Waals surface area contributed by atoms with Gasteiger partial charge in [0.05, 0.1) is 21.4 Å². The molecular formula is C36H54N14O4S2. The zero-order valence-electron chi connectivity index (χ0n) is 35.2. The minimum absolute atomic E-state index is 0.623. The van der Waals surface area contributed by atoms with Crippen LogP contribution in [-0.4, -0.2) is 69.7 Å². The first-order valence-electron chi connectivity index (χ1n) is 17.0. The summed E-state index contributed by atoms with van der Waals surface area (Å²) in [5.74, 6) is 5.74. The standard InChI is InChI=1S/2C5H7NO.2C5H7NS.2C4H7N3.2C4H6N2O/c4*1-4-3-7-5(2)6-4;2*1-4-5-3-7(2)6-4;2*1-3-5-4(2)7-6-3/h6*3H,1-2H3;2*1-2H3. The summed E-state index contributed by atoms with van der Waals surface area (Å²) < 4.78 is 22.3. The van der Waals surface area contributed by atoms with Gasteiger partial charge in [-0.25, -0.2) is 29.9 Å². The normalized spacial score (nSPS) is 9.43. The molecule has 0 saturated heterocycles. The summed E-state index contributed by atoms with van der Waals surface area (Å²) in [7, 11) is 3.69. The van der Waals surface area contributed by atoms with Crippen LogP contribution in [0.25, 0.3) is 0 Å². The molecule has 0 unspecified atom stereocenters. The molecule has 304 valence electrons. The highest BCUT2D eigenvalue weighted by atomic mass is 32.1. The molecule has 0 saturated carbocycles. The zero-order chi connectivity index (χ0) is 42.2. The lowest BCUT2D eigenvalue weighted by molar-refractivity contribution is 0.389. The number of rotatable bonds is 0. The SMILES string of the molecule is Cc1coc(C)n1.Cc1coc(C)n1.Cc1csc(C)n1.Cc1csc(C)n1.Cc1ncn(C)n1.Cc1ncn(C)n1.Cc1noc(C)n1.Cc1noc(C)n1. The number of nitrogens with zero attached hydrogens (tertiary/aromatic N) is 14. The van der Waals surface area contributed by atoms with Crippen molar-refractivity contribution in [1.29, 1.82) is 0 Å². The second-order valence-electron chi connectivity index (χ2n) is 11.7. The lowest BCUT2D eigenvalue weighted by atomic mass is 10.6. The van der Waals surface area contributed by atoms with Gasteiger partial charge in [0.15, 0.2) is 23.4 Å². The third kappa shape index (κ3) is 24.5. The molecule has 8 heterocycles. The lowest BCUT2D eigenvalue weighted by Crippen LogP contribution is -1.86. The summed E-state index contributed by atoms with van der Waals surface area (Å²) in [4.78, 5) is 31.6. The molecule has 0 atom stereocenters. The fourth-order valence-corrected chi connectivity index (χ4v) is 4.76. The molecule has 8 rings (SSSR count). The Hall–Kier alpha value is -5.76. The molecule has 0 spiro atoms. The third-order valence-corrected chi connectivity index (χ3v) is 7.40. The van der Waals surface area contributed by atoms with Crippen LogP contribution in [0, 0.1) is 96.9 Å². The summed E-state index contributed by atoms with van der Waals surface area (Å²) in [5.41, 5.74) is 4.14. The van der Waals surface area contributed by atoms with Crippen molar-refractivity contribution in [2.24, 2.45) is 14.1 Å². The van der Waals surface area contributed by atoms with E-state index in [-0.39, 0.29) is 0 Å². The Labute approximate surface area is 335 Å². The van der Waals surface area contributed by atoms with Gasteiger partial charge in [-0.2, -0.15) is 20.2 Å². The number of hydrogen-bond acceptors (Lipinski definition) is 18. The van der Waals surface area contributed by atoms with Gasteiger partial charge in [-0.15, -0.1) is 22.7 Å². The Kier molecular flexibility index (Phi) is 22.5. The maximum absolute atomic E-state index is 4.85. The van der Waals surface area contributed by atoms with Crippen LogP contribution in [0.15, 0.2) is 53.8 Å². The smallest absolute Gasteiger partial charge is 0.223 e. The Morgan fingerprint density at radius 2 is 0.786 bits per heavy atom. The summed E-state index contributed by atoms with van der Waals surface area (Å²) >= 11 is 3.39. The molecular weight excluding hydrogens is 757 g/mol. The van der Waals surface area contributed by atoms with Crippen molar-refractivity contribution in [1.82, 2.24) is 69.7 Å². The van der Waals surface area contributed by atoms with Gasteiger partial charge in [-0.3, -0.25) is 9.36 Å². The highest BCUT2D eigenvalue weighted by molar-refractivity contribution is 7.09. The van der Waals surface area contributed by atoms with Gasteiger partial charge in [0.25, 0.3) is 0 Å². The van der Waals surface area contributed by atoms with Crippen LogP contribution in [0.5, 0.6) is 0 Å². The van der Waals surface area contributed by atoms with Crippen LogP contribution in [0.1, 0.15) is 79.7 Å². The molecule has 18 nitrogen and oxygen atoms in total. The van der Waals surface area contributed by atoms with Crippen LogP contribution >= 0.6 is 22.7 Å². The van der Waals surface area contributed by atoms with E-state index < -0.39 is 0 Å². The quantitative estimate of drug-likeness (QED) is 0.143. The van der Waals surface area contributed by atoms with E-state index in [1.807, 2.05) is 83.3 Å². The van der Waals surface area contributed by atoms with Crippen LogP contribution in [0.2, 0.25) is 0 Å². The molecule has 0 amide bonds. The van der Waals surface area contributed by atoms with Crippen LogP contribution in [-0.2, 0) is 14.1 Å². The van der Waals surface area contributed by atoms with E-state index in [9.17, 15) is 0 Å². The van der Waals surface area contributed by atoms with E-state index >= 15 is 0 Å². The van der Waals surface area contributed by atoms with E-state index in [2.05, 4.69) is 80.2 Å². The van der Waals surface area contributed by atoms with Gasteiger partial charge in [0, 0.05) is 63.9 Å². The molecule has 0 fully saturated rings. The minimum Gasteiger partial charge on any atom is -0.449 e. The van der Waals surface area contributed by atoms with E-state index in [1.54, 1.807) is 84.9 Å². The van der Waals surface area contributed by atoms with Crippen molar-refractivity contribution in [2.45, 2.75) is 96.9 Å². The summed E-state index contributed by atoms with van der Waals surface area (Å²) in [6, 6.07) is 0. The number of oxazole rings is 2. The summed E-state index contributed by atoms with van der Waals surface area (Å²) in [6.07, 6.45) is 6.62. The predicted octanol–water partition coefficient (Wildman–Crippen LogP) is 7.72. The predicted molar refractivity (Wildman–Crippen MR) is 214 cm³/mol. The summed E-state index contributed by atoms with van der Waals surface area (Å²) in [6.45, 7) is 26.3. The first-order valence-corrected chi connectivity index (χ1v) is 18.8. The maximum atomic E-state index is 4.85. The first-order chi connectivity index (χ1) is 26.3. The van der Waals surface area contributed by atoms with Gasteiger partial charge in [0.2, 0.25) is 11.8 Å². The Morgan fingerprint density at radius 3 is 0.857 bits per heavy atom. The topological polar surface area (TPSA) is 217 Å². The molecule has 56 heavy (non-hydrogen) atoms. The van der Waals surface area contributed by atoms with E-state index in [0.717, 1.165) is 56.2 Å². The number of aromatic nitrogens is 14. The number of aryl methyl sites for hydroxylation is 16. The molecule has 8 aromatic heterocycles. The van der Waals surface area contributed by atoms with Gasteiger partial charge in [0.1, 0.15) is 36.8 Å². The Balaban J connectivity index is 0.000000320. The molecule has 0 aliphatic rings. The highest BCUT2D eigenvalue weighted by Crippen LogP contribution is 2.05. The van der Waals surface area contributed by atoms with Crippen LogP contribution in [0.4, 0.5) is 0 Å². The fraction of sp³-hybridized carbons (Fsp3) is 0.444. The second-order valence-corrected chi connectivity index (χ2v) is 13.8. The molecule has 8 aromatic rings. The van der Waals surface area contributed by atoms with Crippen molar-refractivity contribution in [3.05, 3.63) is 116 Å². The monoisotopic (exact) mass is 810 g/mol. The third-order valence-electron chi connectivity index (χ3n) is 5.62. The highest BCUT2D eigenvalue weighted by Gasteiger charge is 1.92. The molecule has 0 aliphatic heterocycles. The molecule has 0 radical (unpaired) electrons. The Morgan fingerprint density at radius 1 is 0.429 bits per heavy atom. The molecule has 20 heteroatoms. The van der Waals surface area contributed by atoms with Crippen molar-refractivity contribution in [2.75, 3.05) is 0 Å². The van der Waals surface area contributed by atoms with Gasteiger partial charge in [-0.1, -0.05) is 10.3 Å². The lowest BCUT2D eigenvalue weighted by Gasteiger charge is -1.76.